The number of imide groups is 1. The zero-order valence-electron chi connectivity index (χ0n) is 30.2. The topological polar surface area (TPSA) is 150 Å². The van der Waals surface area contributed by atoms with Gasteiger partial charge in [-0.05, 0) is 72.9 Å². The monoisotopic (exact) mass is 766 g/mol. The van der Waals surface area contributed by atoms with Gasteiger partial charge in [-0.15, -0.1) is 11.3 Å². The Morgan fingerprint density at radius 1 is 0.964 bits per heavy atom. The van der Waals surface area contributed by atoms with Crippen molar-refractivity contribution in [1.82, 2.24) is 25.0 Å². The van der Waals surface area contributed by atoms with E-state index in [1.807, 2.05) is 30.3 Å². The Morgan fingerprint density at radius 3 is 2.47 bits per heavy atom. The summed E-state index contributed by atoms with van der Waals surface area (Å²) in [5.74, 6) is -2.33. The largest absolute Gasteiger partial charge is 0.508 e. The number of phenolic OH excluding ortho intramolecular Hbond substituents is 1. The molecule has 1 aromatic heterocycles. The lowest BCUT2D eigenvalue weighted by molar-refractivity contribution is -0.133. The van der Waals surface area contributed by atoms with E-state index in [0.29, 0.717) is 29.6 Å². The molecule has 4 aliphatic rings. The number of benzene rings is 3. The van der Waals surface area contributed by atoms with Gasteiger partial charge < -0.3 is 20.2 Å². The lowest BCUT2D eigenvalue weighted by Gasteiger charge is -2.43. The van der Waals surface area contributed by atoms with Gasteiger partial charge in [-0.25, -0.2) is 9.37 Å². The number of carbonyl (C=O) groups excluding carboxylic acids is 4. The van der Waals surface area contributed by atoms with Crippen LogP contribution in [-0.2, 0) is 27.5 Å². The van der Waals surface area contributed by atoms with E-state index in [1.54, 1.807) is 11.6 Å². The molecular weight excluding hydrogens is 724 g/mol. The standard InChI is InChI=1S/C40H43FN8O5S/c41-27-4-9-34(50)32(21-27)36(38(53)45-40-42-13-20-55-40)49-24-26-3-7-30(22-31(26)39(49)54)47-14-11-29(12-15-47)48-18-16-46(17-19-48)23-25-1-5-28(6-2-25)43-33-8-10-35(51)44-37(33)52/h1-7,9,13,20-22,29,33,36,43,50H,8,10-12,14-19,23-24H2,(H,42,45,53)(H,44,51,52). The molecule has 4 aromatic rings. The van der Waals surface area contributed by atoms with E-state index in [1.165, 1.54) is 27.9 Å². The minimum absolute atomic E-state index is 0.00794. The van der Waals surface area contributed by atoms with E-state index < -0.39 is 23.8 Å². The first-order valence-corrected chi connectivity index (χ1v) is 19.6. The molecule has 2 atom stereocenters. The van der Waals surface area contributed by atoms with Gasteiger partial charge in [0.25, 0.3) is 11.8 Å². The first kappa shape index (κ1) is 36.6. The van der Waals surface area contributed by atoms with Crippen LogP contribution in [0, 0.1) is 5.82 Å². The number of fused-ring (bicyclic) bond motifs is 1. The molecule has 2 unspecified atom stereocenters. The Labute approximate surface area is 322 Å². The van der Waals surface area contributed by atoms with Gasteiger partial charge in [0, 0.05) is 98.9 Å². The van der Waals surface area contributed by atoms with Gasteiger partial charge in [0.2, 0.25) is 11.8 Å². The number of carbonyl (C=O) groups is 4. The van der Waals surface area contributed by atoms with E-state index in [0.717, 1.165) is 87.7 Å². The molecule has 0 bridgehead atoms. The number of hydrogen-bond acceptors (Lipinski definition) is 11. The molecule has 5 heterocycles. The molecule has 0 radical (unpaired) electrons. The van der Waals surface area contributed by atoms with Crippen LogP contribution in [0.5, 0.6) is 5.75 Å². The normalized spacial score (nSPS) is 20.3. The van der Waals surface area contributed by atoms with Gasteiger partial charge in [-0.3, -0.25) is 39.6 Å². The number of thiazole rings is 1. The van der Waals surface area contributed by atoms with Crippen molar-refractivity contribution >= 4 is 51.5 Å². The fourth-order valence-corrected chi connectivity index (χ4v) is 8.68. The maximum atomic E-state index is 14.4. The van der Waals surface area contributed by atoms with Gasteiger partial charge in [0.1, 0.15) is 23.7 Å². The van der Waals surface area contributed by atoms with Crippen LogP contribution in [0.15, 0.2) is 72.2 Å². The van der Waals surface area contributed by atoms with Gasteiger partial charge in [0.15, 0.2) is 5.13 Å². The molecule has 3 saturated heterocycles. The van der Waals surface area contributed by atoms with Crippen molar-refractivity contribution < 1.29 is 28.7 Å². The number of amides is 4. The van der Waals surface area contributed by atoms with Gasteiger partial charge in [-0.1, -0.05) is 18.2 Å². The molecule has 3 aromatic carbocycles. The number of phenols is 1. The molecule has 3 fully saturated rings. The van der Waals surface area contributed by atoms with Crippen LogP contribution in [0.2, 0.25) is 0 Å². The maximum Gasteiger partial charge on any atom is 0.255 e. The highest BCUT2D eigenvalue weighted by Crippen LogP contribution is 2.38. The Hall–Kier alpha value is -5.38. The minimum Gasteiger partial charge on any atom is -0.508 e. The second-order valence-corrected chi connectivity index (χ2v) is 15.5. The molecule has 286 valence electrons. The highest BCUT2D eigenvalue weighted by Gasteiger charge is 2.40. The predicted molar refractivity (Wildman–Crippen MR) is 206 cm³/mol. The highest BCUT2D eigenvalue weighted by molar-refractivity contribution is 7.13. The first-order valence-electron chi connectivity index (χ1n) is 18.7. The molecule has 0 spiro atoms. The fourth-order valence-electron chi connectivity index (χ4n) is 8.14. The number of nitrogens with one attached hydrogen (secondary N) is 3. The summed E-state index contributed by atoms with van der Waals surface area (Å²) in [5.41, 5.74) is 4.31. The smallest absolute Gasteiger partial charge is 0.255 e. The van der Waals surface area contributed by atoms with E-state index in [4.69, 9.17) is 0 Å². The Morgan fingerprint density at radius 2 is 1.75 bits per heavy atom. The summed E-state index contributed by atoms with van der Waals surface area (Å²) in [5, 5.41) is 21.1. The first-order chi connectivity index (χ1) is 26.7. The Kier molecular flexibility index (Phi) is 10.5. The lowest BCUT2D eigenvalue weighted by atomic mass is 10.0. The SMILES string of the molecule is O=C1CCC(Nc2ccc(CN3CCN(C4CCN(c5ccc6c(c5)C(=O)N(C(C(=O)Nc5nccs5)c5cc(F)ccc5O)C6)CC4)CC3)cc2)C(=O)N1. The minimum atomic E-state index is -1.27. The third-order valence-corrected chi connectivity index (χ3v) is 11.8. The van der Waals surface area contributed by atoms with E-state index >= 15 is 0 Å². The summed E-state index contributed by atoms with van der Waals surface area (Å²) in [6.45, 7) is 6.68. The van der Waals surface area contributed by atoms with E-state index in [2.05, 4.69) is 47.8 Å². The fraction of sp³-hybridized carbons (Fsp3) is 0.375. The summed E-state index contributed by atoms with van der Waals surface area (Å²) in [4.78, 5) is 64.0. The van der Waals surface area contributed by atoms with Crippen molar-refractivity contribution in [3.8, 4) is 5.75 Å². The zero-order chi connectivity index (χ0) is 38.1. The second-order valence-electron chi connectivity index (χ2n) is 14.6. The predicted octanol–water partition coefficient (Wildman–Crippen LogP) is 4.33. The third-order valence-electron chi connectivity index (χ3n) is 11.1. The molecule has 4 aliphatic heterocycles. The molecule has 4 N–H and O–H groups in total. The number of piperidine rings is 2. The average Bonchev–Trinajstić information content (AvgIpc) is 3.82. The average molecular weight is 767 g/mol. The van der Waals surface area contributed by atoms with Crippen LogP contribution < -0.4 is 20.9 Å². The lowest BCUT2D eigenvalue weighted by Crippen LogP contribution is -2.53. The molecule has 15 heteroatoms. The van der Waals surface area contributed by atoms with Crippen molar-refractivity contribution in [2.45, 2.75) is 56.9 Å². The second kappa shape index (κ2) is 15.8. The van der Waals surface area contributed by atoms with E-state index in [9.17, 15) is 28.7 Å². The van der Waals surface area contributed by atoms with Crippen molar-refractivity contribution in [3.05, 3.63) is 100 Å². The zero-order valence-corrected chi connectivity index (χ0v) is 31.1. The van der Waals surface area contributed by atoms with E-state index in [-0.39, 0.29) is 35.6 Å². The molecule has 55 heavy (non-hydrogen) atoms. The van der Waals surface area contributed by atoms with Gasteiger partial charge in [-0.2, -0.15) is 0 Å². The van der Waals surface area contributed by atoms with Crippen LogP contribution in [0.1, 0.15) is 58.8 Å². The van der Waals surface area contributed by atoms with Gasteiger partial charge >= 0.3 is 0 Å². The third kappa shape index (κ3) is 8.04. The number of hydrogen-bond donors (Lipinski definition) is 4. The Bertz CT molecular complexity index is 2070. The molecule has 4 amide bonds. The number of aromatic nitrogens is 1. The van der Waals surface area contributed by atoms with Crippen molar-refractivity contribution in [2.24, 2.45) is 0 Å². The van der Waals surface area contributed by atoms with Crippen LogP contribution >= 0.6 is 11.3 Å². The van der Waals surface area contributed by atoms with Crippen LogP contribution in [-0.4, -0.2) is 99.8 Å². The summed E-state index contributed by atoms with van der Waals surface area (Å²) >= 11 is 1.22. The summed E-state index contributed by atoms with van der Waals surface area (Å²) in [6, 6.07) is 16.2. The van der Waals surface area contributed by atoms with Crippen molar-refractivity contribution in [1.29, 1.82) is 0 Å². The number of rotatable bonds is 10. The number of anilines is 3. The highest BCUT2D eigenvalue weighted by atomic mass is 32.1. The molecule has 13 nitrogen and oxygen atoms in total. The quantitative estimate of drug-likeness (QED) is 0.172. The molecule has 8 rings (SSSR count). The Balaban J connectivity index is 0.843. The van der Waals surface area contributed by atoms with Crippen molar-refractivity contribution in [2.75, 3.05) is 54.8 Å². The van der Waals surface area contributed by atoms with Crippen molar-refractivity contribution in [3.63, 3.8) is 0 Å². The number of aromatic hydroxyl groups is 1. The van der Waals surface area contributed by atoms with Crippen LogP contribution in [0.25, 0.3) is 0 Å². The molecule has 0 saturated carbocycles. The summed E-state index contributed by atoms with van der Waals surface area (Å²) in [6.07, 6.45) is 4.41. The summed E-state index contributed by atoms with van der Waals surface area (Å²) < 4.78 is 14.4. The number of piperazine rings is 1. The van der Waals surface area contributed by atoms with Crippen LogP contribution in [0.4, 0.5) is 20.9 Å². The van der Waals surface area contributed by atoms with Gasteiger partial charge in [0.05, 0.1) is 0 Å². The van der Waals surface area contributed by atoms with Crippen LogP contribution in [0.3, 0.4) is 0 Å². The maximum absolute atomic E-state index is 14.4. The molecular formula is C40H43FN8O5S. The molecule has 0 aliphatic carbocycles. The number of nitrogens with zero attached hydrogens (tertiary/aromatic N) is 5. The number of halogens is 1. The summed E-state index contributed by atoms with van der Waals surface area (Å²) in [7, 11) is 0.